The van der Waals surface area contributed by atoms with E-state index >= 15 is 0 Å². The molecule has 1 aliphatic rings. The maximum atomic E-state index is 11.2. The molecule has 0 N–H and O–H groups in total. The van der Waals surface area contributed by atoms with Crippen molar-refractivity contribution in [3.8, 4) is 0 Å². The SMILES string of the molecule is Cc1ccc(I)c(C2CCC(=O)C2)c1. The van der Waals surface area contributed by atoms with Crippen molar-refractivity contribution in [2.75, 3.05) is 0 Å². The monoisotopic (exact) mass is 300 g/mol. The number of ketones is 1. The zero-order valence-electron chi connectivity index (χ0n) is 8.22. The van der Waals surface area contributed by atoms with Crippen molar-refractivity contribution >= 4 is 28.4 Å². The molecule has 0 heterocycles. The van der Waals surface area contributed by atoms with E-state index in [9.17, 15) is 4.79 Å². The lowest BCUT2D eigenvalue weighted by Crippen LogP contribution is -1.97. The molecule has 0 spiro atoms. The van der Waals surface area contributed by atoms with Gasteiger partial charge >= 0.3 is 0 Å². The molecule has 1 nitrogen and oxygen atoms in total. The molecule has 1 aliphatic carbocycles. The minimum absolute atomic E-state index is 0.423. The third kappa shape index (κ3) is 2.00. The number of hydrogen-bond acceptors (Lipinski definition) is 1. The van der Waals surface area contributed by atoms with Crippen LogP contribution < -0.4 is 0 Å². The van der Waals surface area contributed by atoms with E-state index in [2.05, 4.69) is 47.7 Å². The lowest BCUT2D eigenvalue weighted by Gasteiger charge is -2.11. The number of halogens is 1. The number of carbonyl (C=O) groups is 1. The van der Waals surface area contributed by atoms with E-state index in [0.29, 0.717) is 11.7 Å². The molecule has 2 rings (SSSR count). The van der Waals surface area contributed by atoms with Gasteiger partial charge in [-0.25, -0.2) is 0 Å². The van der Waals surface area contributed by atoms with Crippen LogP contribution in [0, 0.1) is 10.5 Å². The molecule has 0 bridgehead atoms. The first kappa shape index (κ1) is 10.1. The second-order valence-electron chi connectivity index (χ2n) is 4.00. The van der Waals surface area contributed by atoms with Crippen molar-refractivity contribution < 1.29 is 4.79 Å². The zero-order chi connectivity index (χ0) is 10.1. The van der Waals surface area contributed by atoms with Crippen molar-refractivity contribution in [2.45, 2.75) is 32.1 Å². The highest BCUT2D eigenvalue weighted by atomic mass is 127. The van der Waals surface area contributed by atoms with Crippen LogP contribution in [0.5, 0.6) is 0 Å². The average Bonchev–Trinajstić information content (AvgIpc) is 2.56. The summed E-state index contributed by atoms with van der Waals surface area (Å²) in [6.45, 7) is 2.11. The van der Waals surface area contributed by atoms with E-state index in [4.69, 9.17) is 0 Å². The molecular formula is C12H13IO. The normalized spacial score (nSPS) is 21.6. The molecule has 0 amide bonds. The summed E-state index contributed by atoms with van der Waals surface area (Å²) >= 11 is 2.36. The topological polar surface area (TPSA) is 17.1 Å². The number of rotatable bonds is 1. The average molecular weight is 300 g/mol. The molecule has 0 radical (unpaired) electrons. The minimum Gasteiger partial charge on any atom is -0.300 e. The maximum absolute atomic E-state index is 11.2. The Labute approximate surface area is 98.0 Å². The van der Waals surface area contributed by atoms with Crippen molar-refractivity contribution in [2.24, 2.45) is 0 Å². The van der Waals surface area contributed by atoms with Crippen molar-refractivity contribution in [1.82, 2.24) is 0 Å². The van der Waals surface area contributed by atoms with Crippen LogP contribution in [-0.2, 0) is 4.79 Å². The molecule has 2 heteroatoms. The van der Waals surface area contributed by atoms with E-state index < -0.39 is 0 Å². The number of benzene rings is 1. The summed E-state index contributed by atoms with van der Waals surface area (Å²) in [7, 11) is 0. The first-order valence-corrected chi connectivity index (χ1v) is 6.02. The van der Waals surface area contributed by atoms with E-state index in [-0.39, 0.29) is 0 Å². The summed E-state index contributed by atoms with van der Waals surface area (Å²) in [5.74, 6) is 0.904. The number of Topliss-reactive ketones (excluding diaryl/α,β-unsaturated/α-hetero) is 1. The second-order valence-corrected chi connectivity index (χ2v) is 5.17. The number of carbonyl (C=O) groups excluding carboxylic acids is 1. The lowest BCUT2D eigenvalue weighted by molar-refractivity contribution is -0.117. The number of aryl methyl sites for hydroxylation is 1. The van der Waals surface area contributed by atoms with Gasteiger partial charge in [0.2, 0.25) is 0 Å². The van der Waals surface area contributed by atoms with Crippen LogP contribution in [0.1, 0.15) is 36.3 Å². The third-order valence-corrected chi connectivity index (χ3v) is 3.82. The highest BCUT2D eigenvalue weighted by Gasteiger charge is 2.24. The van der Waals surface area contributed by atoms with Gasteiger partial charge in [-0.1, -0.05) is 17.7 Å². The van der Waals surface area contributed by atoms with Gasteiger partial charge in [-0.3, -0.25) is 4.79 Å². The van der Waals surface area contributed by atoms with Gasteiger partial charge in [0.1, 0.15) is 5.78 Å². The molecular weight excluding hydrogens is 287 g/mol. The molecule has 14 heavy (non-hydrogen) atoms. The smallest absolute Gasteiger partial charge is 0.133 e. The van der Waals surface area contributed by atoms with Crippen LogP contribution in [0.15, 0.2) is 18.2 Å². The lowest BCUT2D eigenvalue weighted by atomic mass is 9.96. The Morgan fingerprint density at radius 2 is 2.21 bits per heavy atom. The highest BCUT2D eigenvalue weighted by Crippen LogP contribution is 2.34. The molecule has 1 atom stereocenters. The van der Waals surface area contributed by atoms with Crippen molar-refractivity contribution in [1.29, 1.82) is 0 Å². The van der Waals surface area contributed by atoms with Gasteiger partial charge in [-0.15, -0.1) is 0 Å². The van der Waals surface area contributed by atoms with Crippen LogP contribution in [-0.4, -0.2) is 5.78 Å². The third-order valence-electron chi connectivity index (χ3n) is 2.84. The Hall–Kier alpha value is -0.380. The van der Waals surface area contributed by atoms with Gasteiger partial charge < -0.3 is 0 Å². The maximum Gasteiger partial charge on any atom is 0.133 e. The van der Waals surface area contributed by atoms with Gasteiger partial charge in [0, 0.05) is 16.4 Å². The molecule has 0 saturated heterocycles. The van der Waals surface area contributed by atoms with Crippen molar-refractivity contribution in [3.05, 3.63) is 32.9 Å². The Bertz CT molecular complexity index is 371. The molecule has 0 aromatic heterocycles. The predicted octanol–water partition coefficient (Wildman–Crippen LogP) is 3.44. The predicted molar refractivity (Wildman–Crippen MR) is 65.5 cm³/mol. The van der Waals surface area contributed by atoms with Gasteiger partial charge in [-0.2, -0.15) is 0 Å². The molecule has 0 aliphatic heterocycles. The highest BCUT2D eigenvalue weighted by molar-refractivity contribution is 14.1. The fourth-order valence-corrected chi connectivity index (χ4v) is 2.83. The van der Waals surface area contributed by atoms with Crippen LogP contribution in [0.25, 0.3) is 0 Å². The van der Waals surface area contributed by atoms with Crippen LogP contribution >= 0.6 is 22.6 Å². The minimum atomic E-state index is 0.423. The van der Waals surface area contributed by atoms with Gasteiger partial charge in [-0.05, 0) is 53.5 Å². The molecule has 74 valence electrons. The van der Waals surface area contributed by atoms with Crippen LogP contribution in [0.3, 0.4) is 0 Å². The van der Waals surface area contributed by atoms with Gasteiger partial charge in [0.05, 0.1) is 0 Å². The van der Waals surface area contributed by atoms with E-state index in [1.54, 1.807) is 0 Å². The quantitative estimate of drug-likeness (QED) is 0.726. The van der Waals surface area contributed by atoms with Crippen LogP contribution in [0.4, 0.5) is 0 Å². The Morgan fingerprint density at radius 1 is 1.43 bits per heavy atom. The Balaban J connectivity index is 2.31. The van der Waals surface area contributed by atoms with Gasteiger partial charge in [0.15, 0.2) is 0 Å². The Kier molecular flexibility index (Phi) is 2.91. The number of hydrogen-bond donors (Lipinski definition) is 0. The molecule has 1 unspecified atom stereocenters. The van der Waals surface area contributed by atoms with E-state index in [1.165, 1.54) is 14.7 Å². The Morgan fingerprint density at radius 3 is 2.86 bits per heavy atom. The fraction of sp³-hybridized carbons (Fsp3) is 0.417. The largest absolute Gasteiger partial charge is 0.300 e. The molecule has 1 fully saturated rings. The molecule has 1 aromatic carbocycles. The molecule has 1 aromatic rings. The van der Waals surface area contributed by atoms with Crippen molar-refractivity contribution in [3.63, 3.8) is 0 Å². The first-order valence-electron chi connectivity index (χ1n) is 4.94. The second kappa shape index (κ2) is 4.01. The standard InChI is InChI=1S/C12H13IO/c1-8-2-5-12(13)11(6-8)9-3-4-10(14)7-9/h2,5-6,9H,3-4,7H2,1H3. The summed E-state index contributed by atoms with van der Waals surface area (Å²) in [4.78, 5) is 11.2. The molecule has 1 saturated carbocycles. The summed E-state index contributed by atoms with van der Waals surface area (Å²) in [6, 6.07) is 6.50. The fourth-order valence-electron chi connectivity index (χ4n) is 2.06. The summed E-state index contributed by atoms with van der Waals surface area (Å²) < 4.78 is 1.30. The van der Waals surface area contributed by atoms with E-state index in [1.807, 2.05) is 0 Å². The summed E-state index contributed by atoms with van der Waals surface area (Å²) in [5.41, 5.74) is 2.66. The van der Waals surface area contributed by atoms with Gasteiger partial charge in [0.25, 0.3) is 0 Å². The summed E-state index contributed by atoms with van der Waals surface area (Å²) in [6.07, 6.45) is 2.56. The van der Waals surface area contributed by atoms with Crippen LogP contribution in [0.2, 0.25) is 0 Å². The summed E-state index contributed by atoms with van der Waals surface area (Å²) in [5, 5.41) is 0. The van der Waals surface area contributed by atoms with E-state index in [0.717, 1.165) is 19.3 Å². The zero-order valence-corrected chi connectivity index (χ0v) is 10.4. The first-order chi connectivity index (χ1) is 6.66.